The smallest absolute Gasteiger partial charge is 0.229 e. The normalized spacial score (nSPS) is 12.8. The SMILES string of the molecule is C[C@@H](C(=O)c1ccc(NS(C)(=O)=O)cc1)N(C)Cc1ccccc1. The maximum absolute atomic E-state index is 12.6. The van der Waals surface area contributed by atoms with Crippen LogP contribution in [0.15, 0.2) is 54.6 Å². The molecule has 0 amide bonds. The molecule has 0 bridgehead atoms. The first kappa shape index (κ1) is 18.2. The number of anilines is 1. The number of ketones is 1. The van der Waals surface area contributed by atoms with E-state index in [-0.39, 0.29) is 11.8 Å². The van der Waals surface area contributed by atoms with Crippen molar-refractivity contribution < 1.29 is 13.2 Å². The van der Waals surface area contributed by atoms with Crippen LogP contribution in [-0.2, 0) is 16.6 Å². The minimum atomic E-state index is -3.32. The molecule has 2 rings (SSSR count). The lowest BCUT2D eigenvalue weighted by Gasteiger charge is -2.23. The van der Waals surface area contributed by atoms with Crippen LogP contribution in [0.1, 0.15) is 22.8 Å². The summed E-state index contributed by atoms with van der Waals surface area (Å²) in [6, 6.07) is 16.2. The zero-order valence-corrected chi connectivity index (χ0v) is 14.9. The van der Waals surface area contributed by atoms with Crippen LogP contribution in [0.4, 0.5) is 5.69 Å². The van der Waals surface area contributed by atoms with Gasteiger partial charge in [-0.2, -0.15) is 0 Å². The van der Waals surface area contributed by atoms with Gasteiger partial charge >= 0.3 is 0 Å². The van der Waals surface area contributed by atoms with Gasteiger partial charge in [-0.1, -0.05) is 30.3 Å². The maximum atomic E-state index is 12.6. The topological polar surface area (TPSA) is 66.5 Å². The molecule has 0 heterocycles. The van der Waals surface area contributed by atoms with Gasteiger partial charge in [-0.25, -0.2) is 8.42 Å². The highest BCUT2D eigenvalue weighted by molar-refractivity contribution is 7.92. The molecule has 2 aromatic carbocycles. The van der Waals surface area contributed by atoms with E-state index in [4.69, 9.17) is 0 Å². The first-order valence-electron chi connectivity index (χ1n) is 7.62. The Morgan fingerprint density at radius 3 is 2.21 bits per heavy atom. The van der Waals surface area contributed by atoms with E-state index in [1.54, 1.807) is 24.3 Å². The molecule has 0 fully saturated rings. The number of benzene rings is 2. The third-order valence-electron chi connectivity index (χ3n) is 3.79. The number of nitrogens with zero attached hydrogens (tertiary/aromatic N) is 1. The van der Waals surface area contributed by atoms with Crippen LogP contribution in [0, 0.1) is 0 Å². The molecule has 0 aliphatic heterocycles. The average molecular weight is 346 g/mol. The molecule has 0 aromatic heterocycles. The number of Topliss-reactive ketones (excluding diaryl/α,β-unsaturated/α-hetero) is 1. The zero-order valence-electron chi connectivity index (χ0n) is 14.1. The quantitative estimate of drug-likeness (QED) is 0.783. The van der Waals surface area contributed by atoms with Crippen molar-refractivity contribution in [3.8, 4) is 0 Å². The Balaban J connectivity index is 2.04. The summed E-state index contributed by atoms with van der Waals surface area (Å²) in [6.45, 7) is 2.55. The minimum absolute atomic E-state index is 0.000614. The number of hydrogen-bond acceptors (Lipinski definition) is 4. The largest absolute Gasteiger partial charge is 0.292 e. The first-order chi connectivity index (χ1) is 11.3. The van der Waals surface area contributed by atoms with E-state index in [1.165, 1.54) is 0 Å². The number of carbonyl (C=O) groups excluding carboxylic acids is 1. The van der Waals surface area contributed by atoms with Gasteiger partial charge in [0.05, 0.1) is 12.3 Å². The number of hydrogen-bond donors (Lipinski definition) is 1. The summed E-state index contributed by atoms with van der Waals surface area (Å²) in [7, 11) is -1.41. The number of nitrogens with one attached hydrogen (secondary N) is 1. The molecule has 5 nitrogen and oxygen atoms in total. The summed E-state index contributed by atoms with van der Waals surface area (Å²) in [5, 5.41) is 0. The zero-order chi connectivity index (χ0) is 17.7. The third-order valence-corrected chi connectivity index (χ3v) is 4.39. The Hall–Kier alpha value is -2.18. The van der Waals surface area contributed by atoms with Crippen molar-refractivity contribution in [2.24, 2.45) is 0 Å². The summed E-state index contributed by atoms with van der Waals surface area (Å²) in [6.07, 6.45) is 1.09. The fourth-order valence-corrected chi connectivity index (χ4v) is 2.93. The van der Waals surface area contributed by atoms with Crippen LogP contribution >= 0.6 is 0 Å². The fourth-order valence-electron chi connectivity index (χ4n) is 2.37. The van der Waals surface area contributed by atoms with Crippen LogP contribution in [0.2, 0.25) is 0 Å². The monoisotopic (exact) mass is 346 g/mol. The molecule has 1 atom stereocenters. The van der Waals surface area contributed by atoms with Crippen molar-refractivity contribution in [2.45, 2.75) is 19.5 Å². The molecule has 0 saturated heterocycles. The van der Waals surface area contributed by atoms with E-state index in [9.17, 15) is 13.2 Å². The highest BCUT2D eigenvalue weighted by atomic mass is 32.2. The van der Waals surface area contributed by atoms with Crippen molar-refractivity contribution >= 4 is 21.5 Å². The van der Waals surface area contributed by atoms with Crippen LogP contribution in [0.5, 0.6) is 0 Å². The van der Waals surface area contributed by atoms with E-state index in [2.05, 4.69) is 4.72 Å². The van der Waals surface area contributed by atoms with Gasteiger partial charge in [0.25, 0.3) is 0 Å². The standard InChI is InChI=1S/C18H22N2O3S/c1-14(20(2)13-15-7-5-4-6-8-15)18(21)16-9-11-17(12-10-16)19-24(3,22)23/h4-12,14,19H,13H2,1-3H3/t14-/m0/s1. The Bertz CT molecular complexity index is 787. The van der Waals surface area contributed by atoms with Gasteiger partial charge in [0.2, 0.25) is 10.0 Å². The van der Waals surface area contributed by atoms with Gasteiger partial charge in [0.15, 0.2) is 5.78 Å². The summed E-state index contributed by atoms with van der Waals surface area (Å²) >= 11 is 0. The molecular formula is C18H22N2O3S. The lowest BCUT2D eigenvalue weighted by Crippen LogP contribution is -2.35. The van der Waals surface area contributed by atoms with Crippen molar-refractivity contribution in [1.82, 2.24) is 4.90 Å². The Morgan fingerprint density at radius 1 is 1.08 bits per heavy atom. The van der Waals surface area contributed by atoms with Crippen LogP contribution < -0.4 is 4.72 Å². The lowest BCUT2D eigenvalue weighted by atomic mass is 10.0. The van der Waals surface area contributed by atoms with Gasteiger partial charge in [-0.05, 0) is 43.8 Å². The number of rotatable bonds is 7. The predicted octanol–water partition coefficient (Wildman–Crippen LogP) is 2.76. The second-order valence-electron chi connectivity index (χ2n) is 5.89. The molecule has 0 saturated carbocycles. The Labute approximate surface area is 143 Å². The molecule has 0 aliphatic carbocycles. The van der Waals surface area contributed by atoms with E-state index < -0.39 is 10.0 Å². The molecule has 0 radical (unpaired) electrons. The van der Waals surface area contributed by atoms with Crippen molar-refractivity contribution in [3.63, 3.8) is 0 Å². The second kappa shape index (κ2) is 7.59. The molecule has 0 aliphatic rings. The summed E-state index contributed by atoms with van der Waals surface area (Å²) in [4.78, 5) is 14.6. The molecule has 128 valence electrons. The van der Waals surface area contributed by atoms with Gasteiger partial charge in [0.1, 0.15) is 0 Å². The maximum Gasteiger partial charge on any atom is 0.229 e. The highest BCUT2D eigenvalue weighted by Crippen LogP contribution is 2.15. The Morgan fingerprint density at radius 2 is 1.67 bits per heavy atom. The predicted molar refractivity (Wildman–Crippen MR) is 96.6 cm³/mol. The van der Waals surface area contributed by atoms with E-state index in [0.29, 0.717) is 17.8 Å². The van der Waals surface area contributed by atoms with Gasteiger partial charge < -0.3 is 0 Å². The number of sulfonamides is 1. The van der Waals surface area contributed by atoms with E-state index >= 15 is 0 Å². The third kappa shape index (κ3) is 5.18. The molecule has 0 unspecified atom stereocenters. The average Bonchev–Trinajstić information content (AvgIpc) is 2.53. The number of carbonyl (C=O) groups is 1. The highest BCUT2D eigenvalue weighted by Gasteiger charge is 2.19. The van der Waals surface area contributed by atoms with Gasteiger partial charge in [-0.3, -0.25) is 14.4 Å². The lowest BCUT2D eigenvalue weighted by molar-refractivity contribution is 0.0862. The Kier molecular flexibility index (Phi) is 5.75. The van der Waals surface area contributed by atoms with Crippen LogP contribution in [0.25, 0.3) is 0 Å². The molecule has 2 aromatic rings. The van der Waals surface area contributed by atoms with Gasteiger partial charge in [0, 0.05) is 17.8 Å². The van der Waals surface area contributed by atoms with E-state index in [0.717, 1.165) is 11.8 Å². The van der Waals surface area contributed by atoms with Crippen LogP contribution in [-0.4, -0.2) is 38.4 Å². The minimum Gasteiger partial charge on any atom is -0.292 e. The molecular weight excluding hydrogens is 324 g/mol. The second-order valence-corrected chi connectivity index (χ2v) is 7.64. The van der Waals surface area contributed by atoms with Crippen LogP contribution in [0.3, 0.4) is 0 Å². The fraction of sp³-hybridized carbons (Fsp3) is 0.278. The van der Waals surface area contributed by atoms with E-state index in [1.807, 2.05) is 49.2 Å². The van der Waals surface area contributed by atoms with Crippen molar-refractivity contribution in [2.75, 3.05) is 18.0 Å². The molecule has 1 N–H and O–H groups in total. The number of likely N-dealkylation sites (N-methyl/N-ethyl adjacent to an activating group) is 1. The summed E-state index contributed by atoms with van der Waals surface area (Å²) in [5.74, 6) is -0.000614. The van der Waals surface area contributed by atoms with Crippen molar-refractivity contribution in [3.05, 3.63) is 65.7 Å². The molecule has 0 spiro atoms. The molecule has 24 heavy (non-hydrogen) atoms. The first-order valence-corrected chi connectivity index (χ1v) is 9.51. The van der Waals surface area contributed by atoms with Gasteiger partial charge in [-0.15, -0.1) is 0 Å². The summed E-state index contributed by atoms with van der Waals surface area (Å²) < 4.78 is 24.8. The van der Waals surface area contributed by atoms with Crippen molar-refractivity contribution in [1.29, 1.82) is 0 Å². The summed E-state index contributed by atoms with van der Waals surface area (Å²) in [5.41, 5.74) is 2.15. The molecule has 6 heteroatoms.